The molecule has 0 unspecified atom stereocenters. The van der Waals surface area contributed by atoms with Crippen LogP contribution >= 0.6 is 0 Å². The Morgan fingerprint density at radius 1 is 0.457 bits per heavy atom. The van der Waals surface area contributed by atoms with Gasteiger partial charge >= 0.3 is 0 Å². The first-order chi connectivity index (χ1) is 17.2. The van der Waals surface area contributed by atoms with Crippen molar-refractivity contribution < 1.29 is 0 Å². The molecule has 4 aromatic heterocycles. The maximum absolute atomic E-state index is 5.07. The third-order valence-electron chi connectivity index (χ3n) is 6.60. The molecule has 0 spiro atoms. The molecule has 4 heterocycles. The molecule has 0 atom stereocenters. The number of fused-ring (bicyclic) bond motifs is 6. The molecule has 3 aromatic carbocycles. The van der Waals surface area contributed by atoms with E-state index in [2.05, 4.69) is 74.5 Å². The van der Waals surface area contributed by atoms with E-state index in [0.717, 1.165) is 50.7 Å². The molecule has 0 aliphatic rings. The maximum Gasteiger partial charge on any atom is 0.162 e. The molecule has 0 radical (unpaired) electrons. The number of benzene rings is 3. The number of hydrogen-bond acceptors (Lipinski definition) is 3. The largest absolute Gasteiger partial charge is 0.196 e. The predicted octanol–water partition coefficient (Wildman–Crippen LogP) is 6.25. The summed E-state index contributed by atoms with van der Waals surface area (Å²) in [5, 5.41) is 15.0. The Morgan fingerprint density at radius 3 is 1.31 bits per heavy atom. The van der Waals surface area contributed by atoms with E-state index in [0.29, 0.717) is 0 Å². The van der Waals surface area contributed by atoms with E-state index in [1.165, 1.54) is 11.1 Å². The minimum Gasteiger partial charge on any atom is -0.196 e. The van der Waals surface area contributed by atoms with Gasteiger partial charge in [0.1, 0.15) is 0 Å². The van der Waals surface area contributed by atoms with Crippen molar-refractivity contribution in [3.63, 3.8) is 0 Å². The summed E-state index contributed by atoms with van der Waals surface area (Å²) in [6, 6.07) is 33.1. The molecule has 6 heteroatoms. The highest BCUT2D eigenvalue weighted by molar-refractivity contribution is 5.76. The van der Waals surface area contributed by atoms with Gasteiger partial charge in [-0.05, 0) is 25.0 Å². The molecule has 0 aliphatic carbocycles. The van der Waals surface area contributed by atoms with Crippen molar-refractivity contribution in [2.75, 3.05) is 0 Å². The van der Waals surface area contributed by atoms with Crippen LogP contribution in [-0.4, -0.2) is 28.8 Å². The number of rotatable bonds is 3. The van der Waals surface area contributed by atoms with Gasteiger partial charge in [-0.15, -0.1) is 0 Å². The Kier molecular flexibility index (Phi) is 4.17. The second kappa shape index (κ2) is 7.40. The molecule has 7 aromatic rings. The van der Waals surface area contributed by atoms with Crippen LogP contribution in [0.4, 0.5) is 0 Å². The maximum atomic E-state index is 5.07. The Bertz CT molecular complexity index is 1720. The molecular weight excluding hydrogens is 432 g/mol. The number of hydrogen-bond donors (Lipinski definition) is 0. The lowest BCUT2D eigenvalue weighted by Crippen LogP contribution is -2.04. The van der Waals surface area contributed by atoms with Gasteiger partial charge in [0.25, 0.3) is 0 Å². The van der Waals surface area contributed by atoms with E-state index in [1.807, 2.05) is 49.9 Å². The standard InChI is InChI=1S/C29H22N6/c1-19-10-9-11-20(2)29(19)25-18-28-34-26(16-23(31-34)21-12-5-3-6-13-21)33-27(35(28)32-25)17-24(30-33)22-14-7-4-8-15-22/h3-18H,1-2H3. The minimum absolute atomic E-state index is 0.890. The first-order valence-corrected chi connectivity index (χ1v) is 11.7. The van der Waals surface area contributed by atoms with Crippen LogP contribution < -0.4 is 0 Å². The zero-order valence-corrected chi connectivity index (χ0v) is 19.4. The summed E-state index contributed by atoms with van der Waals surface area (Å²) in [6.45, 7) is 4.26. The highest BCUT2D eigenvalue weighted by Crippen LogP contribution is 2.30. The Balaban J connectivity index is 1.58. The number of aryl methyl sites for hydroxylation is 2. The van der Waals surface area contributed by atoms with Crippen molar-refractivity contribution in [1.29, 1.82) is 0 Å². The zero-order chi connectivity index (χ0) is 23.5. The Hall–Kier alpha value is -4.71. The first-order valence-electron chi connectivity index (χ1n) is 11.7. The van der Waals surface area contributed by atoms with Crippen molar-refractivity contribution in [2.45, 2.75) is 13.8 Å². The van der Waals surface area contributed by atoms with Crippen LogP contribution in [0.25, 0.3) is 50.7 Å². The van der Waals surface area contributed by atoms with Crippen LogP contribution in [0.15, 0.2) is 97.1 Å². The third kappa shape index (κ3) is 3.00. The average Bonchev–Trinajstić information content (AvgIpc) is 3.61. The van der Waals surface area contributed by atoms with Gasteiger partial charge in [0.2, 0.25) is 0 Å². The summed E-state index contributed by atoms with van der Waals surface area (Å²) in [4.78, 5) is 0. The molecule has 0 fully saturated rings. The van der Waals surface area contributed by atoms with Gasteiger partial charge in [-0.3, -0.25) is 0 Å². The molecule has 0 N–H and O–H groups in total. The van der Waals surface area contributed by atoms with Crippen LogP contribution in [0.5, 0.6) is 0 Å². The van der Waals surface area contributed by atoms with E-state index in [1.54, 1.807) is 0 Å². The van der Waals surface area contributed by atoms with Gasteiger partial charge in [0, 0.05) is 34.9 Å². The molecular formula is C29H22N6. The fourth-order valence-corrected chi connectivity index (χ4v) is 4.91. The normalized spacial score (nSPS) is 11.7. The van der Waals surface area contributed by atoms with Crippen molar-refractivity contribution >= 4 is 16.9 Å². The summed E-state index contributed by atoms with van der Waals surface area (Å²) in [6.07, 6.45) is 0. The summed E-state index contributed by atoms with van der Waals surface area (Å²) in [5.41, 5.74) is 11.1. The molecule has 0 bridgehead atoms. The van der Waals surface area contributed by atoms with Crippen LogP contribution in [0.3, 0.4) is 0 Å². The highest BCUT2D eigenvalue weighted by atomic mass is 15.4. The summed E-state index contributed by atoms with van der Waals surface area (Å²) in [5.74, 6) is 0. The molecule has 0 amide bonds. The summed E-state index contributed by atoms with van der Waals surface area (Å²) >= 11 is 0. The fraction of sp³-hybridized carbons (Fsp3) is 0.0690. The van der Waals surface area contributed by atoms with Crippen LogP contribution in [0, 0.1) is 13.8 Å². The molecule has 35 heavy (non-hydrogen) atoms. The minimum atomic E-state index is 0.890. The van der Waals surface area contributed by atoms with Gasteiger partial charge < -0.3 is 0 Å². The summed E-state index contributed by atoms with van der Waals surface area (Å²) < 4.78 is 5.84. The van der Waals surface area contributed by atoms with Gasteiger partial charge in [-0.25, -0.2) is 0 Å². The molecule has 0 saturated carbocycles. The van der Waals surface area contributed by atoms with Crippen LogP contribution in [-0.2, 0) is 0 Å². The van der Waals surface area contributed by atoms with Gasteiger partial charge in [-0.2, -0.15) is 28.8 Å². The zero-order valence-electron chi connectivity index (χ0n) is 19.4. The van der Waals surface area contributed by atoms with Gasteiger partial charge in [-0.1, -0.05) is 78.9 Å². The van der Waals surface area contributed by atoms with E-state index >= 15 is 0 Å². The molecule has 0 aliphatic heterocycles. The van der Waals surface area contributed by atoms with E-state index in [-0.39, 0.29) is 0 Å². The Morgan fingerprint density at radius 2 is 0.857 bits per heavy atom. The van der Waals surface area contributed by atoms with Crippen LogP contribution in [0.2, 0.25) is 0 Å². The molecule has 0 saturated heterocycles. The molecule has 168 valence electrons. The lowest BCUT2D eigenvalue weighted by Gasteiger charge is -2.05. The third-order valence-corrected chi connectivity index (χ3v) is 6.60. The second-order valence-corrected chi connectivity index (χ2v) is 8.90. The number of aromatic nitrogens is 6. The van der Waals surface area contributed by atoms with Gasteiger partial charge in [0.05, 0.1) is 17.1 Å². The van der Waals surface area contributed by atoms with Crippen molar-refractivity contribution in [1.82, 2.24) is 28.8 Å². The lowest BCUT2D eigenvalue weighted by atomic mass is 10.0. The predicted molar refractivity (Wildman–Crippen MR) is 138 cm³/mol. The van der Waals surface area contributed by atoms with Gasteiger partial charge in [0.15, 0.2) is 16.9 Å². The molecule has 7 rings (SSSR count). The van der Waals surface area contributed by atoms with E-state index in [9.17, 15) is 0 Å². The fourth-order valence-electron chi connectivity index (χ4n) is 4.91. The monoisotopic (exact) mass is 454 g/mol. The van der Waals surface area contributed by atoms with Crippen molar-refractivity contribution in [2.24, 2.45) is 0 Å². The average molecular weight is 455 g/mol. The Labute approximate surface area is 201 Å². The molecule has 6 nitrogen and oxygen atoms in total. The smallest absolute Gasteiger partial charge is 0.162 e. The number of nitrogens with zero attached hydrogens (tertiary/aromatic N) is 6. The summed E-state index contributed by atoms with van der Waals surface area (Å²) in [7, 11) is 0. The first kappa shape index (κ1) is 19.7. The van der Waals surface area contributed by atoms with E-state index in [4.69, 9.17) is 15.3 Å². The quantitative estimate of drug-likeness (QED) is 0.317. The lowest BCUT2D eigenvalue weighted by molar-refractivity contribution is 0.831. The second-order valence-electron chi connectivity index (χ2n) is 8.90. The van der Waals surface area contributed by atoms with Crippen molar-refractivity contribution in [3.8, 4) is 33.8 Å². The van der Waals surface area contributed by atoms with Crippen molar-refractivity contribution in [3.05, 3.63) is 108 Å². The van der Waals surface area contributed by atoms with E-state index < -0.39 is 0 Å². The highest BCUT2D eigenvalue weighted by Gasteiger charge is 2.19. The SMILES string of the molecule is Cc1cccc(C)c1-c1cc2n3nc(-c4ccccc4)cc3n3nc(-c4ccccc4)cc3n2n1. The topological polar surface area (TPSA) is 51.9 Å². The van der Waals surface area contributed by atoms with Crippen LogP contribution in [0.1, 0.15) is 11.1 Å².